The number of ether oxygens (including phenoxy) is 1. The molecule has 2 heterocycles. The second-order valence-electron chi connectivity index (χ2n) is 3.56. The van der Waals surface area contributed by atoms with E-state index in [9.17, 15) is 0 Å². The Kier molecular flexibility index (Phi) is 3.06. The van der Waals surface area contributed by atoms with Crippen molar-refractivity contribution in [2.45, 2.75) is 20.5 Å². The summed E-state index contributed by atoms with van der Waals surface area (Å²) in [6.45, 7) is 3.97. The highest BCUT2D eigenvalue weighted by Crippen LogP contribution is 2.18. The summed E-state index contributed by atoms with van der Waals surface area (Å²) in [5, 5.41) is 12.7. The zero-order chi connectivity index (χ0) is 12.3. The lowest BCUT2D eigenvalue weighted by Gasteiger charge is -2.05. The van der Waals surface area contributed by atoms with Gasteiger partial charge in [0.05, 0.1) is 11.3 Å². The van der Waals surface area contributed by atoms with Gasteiger partial charge in [0.25, 0.3) is 0 Å². The second-order valence-corrected chi connectivity index (χ2v) is 3.56. The molecule has 0 aliphatic heterocycles. The molecule has 0 amide bonds. The minimum absolute atomic E-state index is 0.298. The van der Waals surface area contributed by atoms with Gasteiger partial charge in [-0.3, -0.25) is 0 Å². The van der Waals surface area contributed by atoms with E-state index in [0.29, 0.717) is 18.1 Å². The molecule has 2 rings (SSSR count). The van der Waals surface area contributed by atoms with Crippen molar-refractivity contribution in [2.75, 3.05) is 0 Å². The number of aryl methyl sites for hydroxylation is 2. The number of rotatable bonds is 3. The Morgan fingerprint density at radius 1 is 1.47 bits per heavy atom. The predicted octanol–water partition coefficient (Wildman–Crippen LogP) is 2.14. The summed E-state index contributed by atoms with van der Waals surface area (Å²) in [7, 11) is 0. The van der Waals surface area contributed by atoms with Crippen LogP contribution < -0.4 is 4.74 Å². The first kappa shape index (κ1) is 11.1. The van der Waals surface area contributed by atoms with Crippen molar-refractivity contribution in [3.8, 4) is 11.9 Å². The molecular formula is C12H11N3O2. The van der Waals surface area contributed by atoms with Gasteiger partial charge in [0.1, 0.15) is 24.0 Å². The third-order valence-electron chi connectivity index (χ3n) is 2.43. The molecule has 0 aromatic carbocycles. The number of nitrogens with zero attached hydrogens (tertiary/aromatic N) is 3. The Bertz CT molecular complexity index is 550. The summed E-state index contributed by atoms with van der Waals surface area (Å²) < 4.78 is 10.5. The van der Waals surface area contributed by atoms with E-state index >= 15 is 0 Å². The van der Waals surface area contributed by atoms with Crippen LogP contribution in [0.3, 0.4) is 0 Å². The summed E-state index contributed by atoms with van der Waals surface area (Å²) >= 11 is 0. The molecule has 5 nitrogen and oxygen atoms in total. The second kappa shape index (κ2) is 4.66. The lowest BCUT2D eigenvalue weighted by molar-refractivity contribution is 0.289. The van der Waals surface area contributed by atoms with Crippen LogP contribution in [0.1, 0.15) is 22.6 Å². The van der Waals surface area contributed by atoms with E-state index in [2.05, 4.69) is 10.1 Å². The van der Waals surface area contributed by atoms with Crippen LogP contribution in [0.15, 0.2) is 22.9 Å². The molecule has 86 valence electrons. The van der Waals surface area contributed by atoms with E-state index in [1.807, 2.05) is 19.9 Å². The Balaban J connectivity index is 2.16. The van der Waals surface area contributed by atoms with Gasteiger partial charge in [-0.05, 0) is 26.0 Å². The van der Waals surface area contributed by atoms with Gasteiger partial charge in [-0.25, -0.2) is 4.98 Å². The molecular weight excluding hydrogens is 218 g/mol. The molecule has 2 aromatic rings. The van der Waals surface area contributed by atoms with Crippen LogP contribution in [0.5, 0.6) is 5.88 Å². The van der Waals surface area contributed by atoms with Crippen molar-refractivity contribution in [3.05, 3.63) is 40.9 Å². The lowest BCUT2D eigenvalue weighted by atomic mass is 10.2. The number of nitriles is 1. The fourth-order valence-electron chi connectivity index (χ4n) is 1.44. The molecule has 0 atom stereocenters. The molecule has 0 aliphatic rings. The van der Waals surface area contributed by atoms with E-state index in [4.69, 9.17) is 14.5 Å². The fourth-order valence-corrected chi connectivity index (χ4v) is 1.44. The monoisotopic (exact) mass is 229 g/mol. The highest BCUT2D eigenvalue weighted by molar-refractivity contribution is 5.37. The number of hydrogen-bond acceptors (Lipinski definition) is 5. The SMILES string of the molecule is Cc1noc(C)c1COc1ncccc1C#N. The van der Waals surface area contributed by atoms with E-state index in [1.165, 1.54) is 0 Å². The van der Waals surface area contributed by atoms with Gasteiger partial charge in [0.2, 0.25) is 5.88 Å². The van der Waals surface area contributed by atoms with E-state index in [1.54, 1.807) is 18.3 Å². The van der Waals surface area contributed by atoms with Crippen molar-refractivity contribution in [3.63, 3.8) is 0 Å². The first-order chi connectivity index (χ1) is 8.22. The van der Waals surface area contributed by atoms with Crippen molar-refractivity contribution < 1.29 is 9.26 Å². The molecule has 0 saturated heterocycles. The maximum absolute atomic E-state index is 8.88. The van der Waals surface area contributed by atoms with Gasteiger partial charge in [-0.1, -0.05) is 5.16 Å². The van der Waals surface area contributed by atoms with E-state index < -0.39 is 0 Å². The molecule has 5 heteroatoms. The van der Waals surface area contributed by atoms with Gasteiger partial charge >= 0.3 is 0 Å². The summed E-state index contributed by atoms with van der Waals surface area (Å²) in [5.74, 6) is 1.05. The zero-order valence-corrected chi connectivity index (χ0v) is 9.60. The lowest BCUT2D eigenvalue weighted by Crippen LogP contribution is -2.00. The average molecular weight is 229 g/mol. The Morgan fingerprint density at radius 3 is 2.94 bits per heavy atom. The maximum atomic E-state index is 8.88. The summed E-state index contributed by atoms with van der Waals surface area (Å²) in [6.07, 6.45) is 1.59. The molecule has 0 aliphatic carbocycles. The van der Waals surface area contributed by atoms with Gasteiger partial charge < -0.3 is 9.26 Å². The van der Waals surface area contributed by atoms with E-state index in [0.717, 1.165) is 17.0 Å². The molecule has 0 fully saturated rings. The zero-order valence-electron chi connectivity index (χ0n) is 9.60. The van der Waals surface area contributed by atoms with Crippen LogP contribution in [0.25, 0.3) is 0 Å². The number of pyridine rings is 1. The highest BCUT2D eigenvalue weighted by atomic mass is 16.5. The Morgan fingerprint density at radius 2 is 2.29 bits per heavy atom. The predicted molar refractivity (Wildman–Crippen MR) is 59.3 cm³/mol. The Hall–Kier alpha value is -2.35. The van der Waals surface area contributed by atoms with Crippen molar-refractivity contribution >= 4 is 0 Å². The normalized spacial score (nSPS) is 9.94. The summed E-state index contributed by atoms with van der Waals surface area (Å²) in [6, 6.07) is 5.39. The molecule has 0 unspecified atom stereocenters. The average Bonchev–Trinajstić information content (AvgIpc) is 2.67. The highest BCUT2D eigenvalue weighted by Gasteiger charge is 2.11. The molecule has 2 aromatic heterocycles. The summed E-state index contributed by atoms with van der Waals surface area (Å²) in [4.78, 5) is 4.01. The van der Waals surface area contributed by atoms with Gasteiger partial charge in [-0.15, -0.1) is 0 Å². The van der Waals surface area contributed by atoms with Gasteiger partial charge in [0, 0.05) is 6.20 Å². The Labute approximate surface area is 98.6 Å². The van der Waals surface area contributed by atoms with Crippen molar-refractivity contribution in [1.82, 2.24) is 10.1 Å². The van der Waals surface area contributed by atoms with Crippen LogP contribution in [0.4, 0.5) is 0 Å². The molecule has 0 saturated carbocycles. The molecule has 17 heavy (non-hydrogen) atoms. The van der Waals surface area contributed by atoms with Gasteiger partial charge in [-0.2, -0.15) is 5.26 Å². The van der Waals surface area contributed by atoms with Crippen LogP contribution >= 0.6 is 0 Å². The third kappa shape index (κ3) is 2.26. The fraction of sp³-hybridized carbons (Fsp3) is 0.250. The van der Waals surface area contributed by atoms with Gasteiger partial charge in [0.15, 0.2) is 0 Å². The van der Waals surface area contributed by atoms with Crippen LogP contribution in [-0.2, 0) is 6.61 Å². The minimum atomic E-state index is 0.298. The van der Waals surface area contributed by atoms with Crippen LogP contribution in [-0.4, -0.2) is 10.1 Å². The van der Waals surface area contributed by atoms with E-state index in [-0.39, 0.29) is 0 Å². The number of aromatic nitrogens is 2. The minimum Gasteiger partial charge on any atom is -0.472 e. The van der Waals surface area contributed by atoms with Crippen LogP contribution in [0, 0.1) is 25.2 Å². The maximum Gasteiger partial charge on any atom is 0.231 e. The summed E-state index contributed by atoms with van der Waals surface area (Å²) in [5.41, 5.74) is 2.09. The number of hydrogen-bond donors (Lipinski definition) is 0. The third-order valence-corrected chi connectivity index (χ3v) is 2.43. The molecule has 0 bridgehead atoms. The smallest absolute Gasteiger partial charge is 0.231 e. The molecule has 0 spiro atoms. The first-order valence-electron chi connectivity index (χ1n) is 5.12. The van der Waals surface area contributed by atoms with Crippen molar-refractivity contribution in [1.29, 1.82) is 5.26 Å². The largest absolute Gasteiger partial charge is 0.472 e. The standard InChI is InChI=1S/C12H11N3O2/c1-8-11(9(2)17-15-8)7-16-12-10(6-13)4-3-5-14-12/h3-5H,7H2,1-2H3. The molecule has 0 N–H and O–H groups in total. The van der Waals surface area contributed by atoms with Crippen molar-refractivity contribution in [2.24, 2.45) is 0 Å². The quantitative estimate of drug-likeness (QED) is 0.806. The molecule has 0 radical (unpaired) electrons. The first-order valence-corrected chi connectivity index (χ1v) is 5.12. The van der Waals surface area contributed by atoms with Crippen LogP contribution in [0.2, 0.25) is 0 Å². The topological polar surface area (TPSA) is 71.9 Å².